The molecular weight excluding hydrogens is 241 g/mol. The van der Waals surface area contributed by atoms with E-state index in [4.69, 9.17) is 17.3 Å². The highest BCUT2D eigenvalue weighted by molar-refractivity contribution is 6.31. The van der Waals surface area contributed by atoms with Crippen LogP contribution in [0.3, 0.4) is 0 Å². The maximum Gasteiger partial charge on any atom is 0.405 e. The van der Waals surface area contributed by atoms with E-state index in [1.165, 1.54) is 12.1 Å². The van der Waals surface area contributed by atoms with Crippen LogP contribution >= 0.6 is 11.6 Å². The lowest BCUT2D eigenvalue weighted by Gasteiger charge is -2.25. The summed E-state index contributed by atoms with van der Waals surface area (Å²) >= 11 is 5.73. The summed E-state index contributed by atoms with van der Waals surface area (Å²) in [7, 11) is 0. The Hall–Kier alpha value is -1.10. The fourth-order valence-electron chi connectivity index (χ4n) is 1.37. The smallest absolute Gasteiger partial charge is 0.397 e. The summed E-state index contributed by atoms with van der Waals surface area (Å²) in [6.45, 7) is 0.810. The maximum atomic E-state index is 12.3. The molecular formula is C10H12ClF3N2. The van der Waals surface area contributed by atoms with Crippen molar-refractivity contribution in [2.75, 3.05) is 23.7 Å². The van der Waals surface area contributed by atoms with Crippen LogP contribution in [0.1, 0.15) is 6.92 Å². The molecule has 0 fully saturated rings. The summed E-state index contributed by atoms with van der Waals surface area (Å²) in [4.78, 5) is 1.14. The number of benzene rings is 1. The van der Waals surface area contributed by atoms with Crippen molar-refractivity contribution in [2.45, 2.75) is 13.1 Å². The van der Waals surface area contributed by atoms with E-state index in [1.807, 2.05) is 0 Å². The molecule has 0 unspecified atom stereocenters. The third-order valence-electron chi connectivity index (χ3n) is 2.09. The molecule has 0 heterocycles. The number of hydrogen-bond acceptors (Lipinski definition) is 2. The zero-order valence-electron chi connectivity index (χ0n) is 8.68. The average molecular weight is 253 g/mol. The van der Waals surface area contributed by atoms with Gasteiger partial charge in [-0.05, 0) is 25.1 Å². The van der Waals surface area contributed by atoms with Gasteiger partial charge in [0.25, 0.3) is 0 Å². The molecule has 0 aliphatic rings. The predicted molar refractivity (Wildman–Crippen MR) is 59.8 cm³/mol. The third-order valence-corrected chi connectivity index (χ3v) is 2.32. The largest absolute Gasteiger partial charge is 0.405 e. The van der Waals surface area contributed by atoms with Gasteiger partial charge in [-0.3, -0.25) is 0 Å². The molecule has 90 valence electrons. The molecule has 0 radical (unpaired) electrons. The molecule has 1 rings (SSSR count). The summed E-state index contributed by atoms with van der Waals surface area (Å²) in [5.74, 6) is 0. The number of halogens is 4. The number of alkyl halides is 3. The van der Waals surface area contributed by atoms with Crippen LogP contribution in [-0.4, -0.2) is 19.3 Å². The average Bonchev–Trinajstić information content (AvgIpc) is 2.17. The van der Waals surface area contributed by atoms with E-state index in [9.17, 15) is 13.2 Å². The summed E-state index contributed by atoms with van der Waals surface area (Å²) < 4.78 is 36.9. The highest BCUT2D eigenvalue weighted by Crippen LogP contribution is 2.29. The second-order valence-electron chi connectivity index (χ2n) is 3.33. The minimum atomic E-state index is -4.26. The van der Waals surface area contributed by atoms with Crippen LogP contribution < -0.4 is 10.6 Å². The molecule has 2 N–H and O–H groups in total. The van der Waals surface area contributed by atoms with Gasteiger partial charge in [-0.15, -0.1) is 0 Å². The normalized spacial score (nSPS) is 11.6. The molecule has 6 heteroatoms. The fraction of sp³-hybridized carbons (Fsp3) is 0.400. The van der Waals surface area contributed by atoms with Gasteiger partial charge in [-0.1, -0.05) is 11.6 Å². The molecule has 1 aromatic carbocycles. The van der Waals surface area contributed by atoms with Gasteiger partial charge in [0.05, 0.1) is 11.4 Å². The second kappa shape index (κ2) is 4.82. The lowest BCUT2D eigenvalue weighted by atomic mass is 10.2. The zero-order chi connectivity index (χ0) is 12.3. The lowest BCUT2D eigenvalue weighted by Crippen LogP contribution is -2.34. The van der Waals surface area contributed by atoms with Crippen molar-refractivity contribution in [3.8, 4) is 0 Å². The van der Waals surface area contributed by atoms with Gasteiger partial charge in [-0.25, -0.2) is 0 Å². The van der Waals surface area contributed by atoms with Crippen molar-refractivity contribution in [1.82, 2.24) is 0 Å². The Morgan fingerprint density at radius 1 is 1.38 bits per heavy atom. The van der Waals surface area contributed by atoms with Crippen LogP contribution in [-0.2, 0) is 0 Å². The highest BCUT2D eigenvalue weighted by Gasteiger charge is 2.30. The number of hydrogen-bond donors (Lipinski definition) is 1. The summed E-state index contributed by atoms with van der Waals surface area (Å²) in [5.41, 5.74) is 6.22. The Bertz CT molecular complexity index is 366. The third kappa shape index (κ3) is 3.48. The molecule has 0 aliphatic carbocycles. The van der Waals surface area contributed by atoms with Gasteiger partial charge in [0.15, 0.2) is 0 Å². The first-order valence-electron chi connectivity index (χ1n) is 4.70. The van der Waals surface area contributed by atoms with E-state index in [0.29, 0.717) is 10.7 Å². The van der Waals surface area contributed by atoms with Crippen LogP contribution in [0.15, 0.2) is 18.2 Å². The molecule has 0 aromatic heterocycles. The Balaban J connectivity index is 2.99. The quantitative estimate of drug-likeness (QED) is 0.837. The van der Waals surface area contributed by atoms with Gasteiger partial charge in [-0.2, -0.15) is 13.2 Å². The van der Waals surface area contributed by atoms with Crippen LogP contribution in [0.2, 0.25) is 5.02 Å². The molecule has 0 saturated heterocycles. The second-order valence-corrected chi connectivity index (χ2v) is 3.77. The Morgan fingerprint density at radius 3 is 2.50 bits per heavy atom. The summed E-state index contributed by atoms with van der Waals surface area (Å²) in [5, 5.41) is 0.366. The van der Waals surface area contributed by atoms with Gasteiger partial charge in [0, 0.05) is 11.6 Å². The minimum absolute atomic E-state index is 0.212. The Labute approximate surface area is 96.8 Å². The standard InChI is InChI=1S/C10H12ClF3N2/c1-2-16(6-10(12,13)14)9-5-7(11)3-4-8(9)15/h3-5H,2,6,15H2,1H3. The van der Waals surface area contributed by atoms with E-state index < -0.39 is 12.7 Å². The van der Waals surface area contributed by atoms with Gasteiger partial charge in [0.2, 0.25) is 0 Å². The minimum Gasteiger partial charge on any atom is -0.397 e. The number of anilines is 2. The van der Waals surface area contributed by atoms with E-state index in [0.717, 1.165) is 4.90 Å². The van der Waals surface area contributed by atoms with E-state index in [-0.39, 0.29) is 12.2 Å². The number of nitrogen functional groups attached to an aromatic ring is 1. The number of nitrogens with two attached hydrogens (primary N) is 1. The monoisotopic (exact) mass is 252 g/mol. The van der Waals surface area contributed by atoms with Crippen molar-refractivity contribution in [3.05, 3.63) is 23.2 Å². The van der Waals surface area contributed by atoms with Crippen LogP contribution in [0.5, 0.6) is 0 Å². The van der Waals surface area contributed by atoms with Gasteiger partial charge in [0.1, 0.15) is 6.54 Å². The first kappa shape index (κ1) is 13.0. The number of nitrogens with zero attached hydrogens (tertiary/aromatic N) is 1. The van der Waals surface area contributed by atoms with Crippen molar-refractivity contribution < 1.29 is 13.2 Å². The molecule has 16 heavy (non-hydrogen) atoms. The Kier molecular flexibility index (Phi) is 3.91. The SMILES string of the molecule is CCN(CC(F)(F)F)c1cc(Cl)ccc1N. The van der Waals surface area contributed by atoms with Crippen molar-refractivity contribution in [3.63, 3.8) is 0 Å². The summed E-state index contributed by atoms with van der Waals surface area (Å²) in [6.07, 6.45) is -4.26. The summed E-state index contributed by atoms with van der Waals surface area (Å²) in [6, 6.07) is 4.48. The fourth-order valence-corrected chi connectivity index (χ4v) is 1.54. The zero-order valence-corrected chi connectivity index (χ0v) is 9.44. The molecule has 0 amide bonds. The van der Waals surface area contributed by atoms with E-state index in [2.05, 4.69) is 0 Å². The topological polar surface area (TPSA) is 29.3 Å². The van der Waals surface area contributed by atoms with Gasteiger partial charge >= 0.3 is 6.18 Å². The maximum absolute atomic E-state index is 12.3. The molecule has 0 aliphatic heterocycles. The highest BCUT2D eigenvalue weighted by atomic mass is 35.5. The van der Waals surface area contributed by atoms with E-state index >= 15 is 0 Å². The van der Waals surface area contributed by atoms with Crippen LogP contribution in [0, 0.1) is 0 Å². The van der Waals surface area contributed by atoms with Gasteiger partial charge < -0.3 is 10.6 Å². The molecule has 1 aromatic rings. The van der Waals surface area contributed by atoms with Crippen LogP contribution in [0.4, 0.5) is 24.5 Å². The number of rotatable bonds is 3. The molecule has 0 atom stereocenters. The molecule has 0 saturated carbocycles. The first-order valence-corrected chi connectivity index (χ1v) is 5.08. The van der Waals surface area contributed by atoms with Crippen molar-refractivity contribution >= 4 is 23.0 Å². The van der Waals surface area contributed by atoms with Crippen molar-refractivity contribution in [2.24, 2.45) is 0 Å². The lowest BCUT2D eigenvalue weighted by molar-refractivity contribution is -0.119. The predicted octanol–water partition coefficient (Wildman–Crippen LogP) is 3.31. The Morgan fingerprint density at radius 2 is 2.00 bits per heavy atom. The molecule has 0 bridgehead atoms. The van der Waals surface area contributed by atoms with Crippen molar-refractivity contribution in [1.29, 1.82) is 0 Å². The first-order chi connectivity index (χ1) is 7.33. The van der Waals surface area contributed by atoms with Crippen LogP contribution in [0.25, 0.3) is 0 Å². The molecule has 2 nitrogen and oxygen atoms in total. The molecule has 0 spiro atoms. The van der Waals surface area contributed by atoms with E-state index in [1.54, 1.807) is 13.0 Å².